The van der Waals surface area contributed by atoms with Crippen molar-refractivity contribution in [3.8, 4) is 44.5 Å². The Hall–Kier alpha value is -7.06. The summed E-state index contributed by atoms with van der Waals surface area (Å²) in [7, 11) is 0. The molecule has 0 aliphatic carbocycles. The molecule has 0 nitrogen and oxygen atoms in total. The van der Waals surface area contributed by atoms with Crippen LogP contribution in [0.25, 0.3) is 119 Å². The first kappa shape index (κ1) is 35.8. The summed E-state index contributed by atoms with van der Waals surface area (Å²) in [6, 6.07) is 72.8. The third-order valence-corrected chi connectivity index (χ3v) is 14.6. The molecule has 0 spiro atoms. The van der Waals surface area contributed by atoms with Crippen molar-refractivity contribution in [3.63, 3.8) is 0 Å². The lowest BCUT2D eigenvalue weighted by Crippen LogP contribution is -1.93. The Morgan fingerprint density at radius 2 is 0.836 bits per heavy atom. The van der Waals surface area contributed by atoms with Gasteiger partial charge in [0.05, 0.1) is 0 Å². The molecule has 1 aromatic heterocycles. The van der Waals surface area contributed by atoms with Crippen LogP contribution in [-0.4, -0.2) is 0 Å². The minimum Gasteiger partial charge on any atom is -0.134 e. The van der Waals surface area contributed by atoms with Crippen molar-refractivity contribution in [1.29, 1.82) is 0 Å². The molecule has 12 aromatic rings. The number of rotatable bonds is 6. The fraction of sp³-hybridized carbons (Fsp3) is 0.0667. The van der Waals surface area contributed by atoms with Crippen LogP contribution in [0.15, 0.2) is 194 Å². The van der Waals surface area contributed by atoms with Gasteiger partial charge in [-0.15, -0.1) is 11.3 Å². The van der Waals surface area contributed by atoms with Crippen LogP contribution >= 0.6 is 11.3 Å². The van der Waals surface area contributed by atoms with Crippen molar-refractivity contribution < 1.29 is 0 Å². The van der Waals surface area contributed by atoms with Gasteiger partial charge in [-0.25, -0.2) is 0 Å². The number of thiophene rings is 1. The molecule has 1 heterocycles. The molecule has 61 heavy (non-hydrogen) atoms. The van der Waals surface area contributed by atoms with Gasteiger partial charge >= 0.3 is 0 Å². The highest BCUT2D eigenvalue weighted by Gasteiger charge is 2.22. The summed E-state index contributed by atoms with van der Waals surface area (Å²) in [5.74, 6) is 0. The zero-order valence-electron chi connectivity index (χ0n) is 34.3. The summed E-state index contributed by atoms with van der Waals surface area (Å²) < 4.78 is 2.78. The molecule has 0 N–H and O–H groups in total. The second kappa shape index (κ2) is 14.3. The van der Waals surface area contributed by atoms with Crippen LogP contribution in [0.4, 0.5) is 0 Å². The summed E-state index contributed by atoms with van der Waals surface area (Å²) in [5.41, 5.74) is 13.2. The van der Waals surface area contributed by atoms with E-state index in [0.717, 1.165) is 12.8 Å². The van der Waals surface area contributed by atoms with Gasteiger partial charge in [0.15, 0.2) is 0 Å². The van der Waals surface area contributed by atoms with Crippen LogP contribution < -0.4 is 0 Å². The van der Waals surface area contributed by atoms with E-state index in [1.54, 1.807) is 0 Å². The Morgan fingerprint density at radius 1 is 0.311 bits per heavy atom. The third-order valence-electron chi connectivity index (χ3n) is 13.2. The van der Waals surface area contributed by atoms with Gasteiger partial charge < -0.3 is 0 Å². The van der Waals surface area contributed by atoms with Gasteiger partial charge in [0.25, 0.3) is 0 Å². The molecule has 0 saturated heterocycles. The van der Waals surface area contributed by atoms with E-state index in [4.69, 9.17) is 0 Å². The smallest absolute Gasteiger partial charge is 0.0434 e. The Labute approximate surface area is 360 Å². The number of hydrogen-bond donors (Lipinski definition) is 0. The molecule has 0 aliphatic heterocycles. The first-order valence-corrected chi connectivity index (χ1v) is 22.4. The quantitative estimate of drug-likeness (QED) is 0.147. The van der Waals surface area contributed by atoms with Crippen molar-refractivity contribution in [3.05, 3.63) is 205 Å². The molecular formula is C60H42S. The predicted molar refractivity (Wildman–Crippen MR) is 267 cm³/mol. The van der Waals surface area contributed by atoms with E-state index in [0.29, 0.717) is 0 Å². The molecule has 288 valence electrons. The van der Waals surface area contributed by atoms with Gasteiger partial charge in [-0.05, 0) is 129 Å². The summed E-state index contributed by atoms with van der Waals surface area (Å²) in [5, 5.41) is 15.4. The van der Waals surface area contributed by atoms with Crippen LogP contribution in [0.2, 0.25) is 0 Å². The van der Waals surface area contributed by atoms with E-state index in [1.165, 1.54) is 130 Å². The fourth-order valence-corrected chi connectivity index (χ4v) is 11.9. The monoisotopic (exact) mass is 794 g/mol. The third kappa shape index (κ3) is 5.51. The highest BCUT2D eigenvalue weighted by atomic mass is 32.1. The first-order chi connectivity index (χ1) is 30.2. The molecule has 0 amide bonds. The SMILES string of the molecule is CCc1ccccc1-c1ccc2c(sc3c4ccccc4c(-c4ccc(-c5c6ccccc6c(-c6ccc7ccccc7c6)c6ccccc56)c5ccccc45)cc23)c1CC. The van der Waals surface area contributed by atoms with E-state index in [2.05, 4.69) is 208 Å². The molecule has 12 rings (SSSR count). The van der Waals surface area contributed by atoms with Crippen LogP contribution in [0.3, 0.4) is 0 Å². The van der Waals surface area contributed by atoms with Crippen molar-refractivity contribution >= 4 is 85.4 Å². The molecule has 0 fully saturated rings. The Kier molecular flexibility index (Phi) is 8.40. The molecule has 0 bridgehead atoms. The van der Waals surface area contributed by atoms with Gasteiger partial charge in [-0.1, -0.05) is 196 Å². The highest BCUT2D eigenvalue weighted by Crippen LogP contribution is 2.50. The molecular weight excluding hydrogens is 753 g/mol. The summed E-state index contributed by atoms with van der Waals surface area (Å²) in [4.78, 5) is 0. The maximum absolute atomic E-state index is 2.50. The Bertz CT molecular complexity index is 3670. The van der Waals surface area contributed by atoms with E-state index in [-0.39, 0.29) is 0 Å². The molecule has 0 aliphatic rings. The van der Waals surface area contributed by atoms with Gasteiger partial charge in [-0.3, -0.25) is 0 Å². The second-order valence-corrected chi connectivity index (χ2v) is 17.4. The van der Waals surface area contributed by atoms with Gasteiger partial charge in [0.1, 0.15) is 0 Å². The van der Waals surface area contributed by atoms with Crippen LogP contribution in [-0.2, 0) is 12.8 Å². The number of fused-ring (bicyclic) bond motifs is 9. The maximum atomic E-state index is 2.50. The average Bonchev–Trinajstić information content (AvgIpc) is 3.71. The lowest BCUT2D eigenvalue weighted by molar-refractivity contribution is 1.13. The lowest BCUT2D eigenvalue weighted by atomic mass is 9.83. The highest BCUT2D eigenvalue weighted by molar-refractivity contribution is 7.27. The van der Waals surface area contributed by atoms with Crippen LogP contribution in [0.1, 0.15) is 25.0 Å². The van der Waals surface area contributed by atoms with Crippen molar-refractivity contribution in [2.75, 3.05) is 0 Å². The van der Waals surface area contributed by atoms with E-state index in [1.807, 2.05) is 11.3 Å². The molecule has 0 saturated carbocycles. The molecule has 0 radical (unpaired) electrons. The number of hydrogen-bond acceptors (Lipinski definition) is 1. The van der Waals surface area contributed by atoms with Crippen molar-refractivity contribution in [1.82, 2.24) is 0 Å². The Balaban J connectivity index is 1.10. The topological polar surface area (TPSA) is 0 Å². The van der Waals surface area contributed by atoms with E-state index >= 15 is 0 Å². The maximum Gasteiger partial charge on any atom is 0.0434 e. The fourth-order valence-electron chi connectivity index (χ4n) is 10.5. The molecule has 1 heteroatoms. The zero-order chi connectivity index (χ0) is 40.6. The predicted octanol–water partition coefficient (Wildman–Crippen LogP) is 17.6. The summed E-state index contributed by atoms with van der Waals surface area (Å²) >= 11 is 1.97. The zero-order valence-corrected chi connectivity index (χ0v) is 35.1. The Morgan fingerprint density at radius 3 is 1.52 bits per heavy atom. The van der Waals surface area contributed by atoms with Gasteiger partial charge in [-0.2, -0.15) is 0 Å². The standard InChI is InChI=1S/C60H42S/c1-3-37-17-7-8-20-42(37)46-32-34-54-56-36-55(45-23-11-16-28-53(45)60(56)61-59(54)41(46)4-2)47-31-33-52(44-22-10-9-21-43(44)47)58-50-26-14-12-24-48(50)57(49-25-13-15-27-51(49)58)40-30-29-38-18-5-6-19-39(38)35-40/h5-36H,3-4H2,1-2H3. The largest absolute Gasteiger partial charge is 0.134 e. The minimum absolute atomic E-state index is 0.987. The molecule has 0 unspecified atom stereocenters. The van der Waals surface area contributed by atoms with Crippen molar-refractivity contribution in [2.45, 2.75) is 26.7 Å². The van der Waals surface area contributed by atoms with Crippen molar-refractivity contribution in [2.24, 2.45) is 0 Å². The summed E-state index contributed by atoms with van der Waals surface area (Å²) in [6.45, 7) is 4.58. The lowest BCUT2D eigenvalue weighted by Gasteiger charge is -2.20. The first-order valence-electron chi connectivity index (χ1n) is 21.6. The molecule has 11 aromatic carbocycles. The minimum atomic E-state index is 0.987. The van der Waals surface area contributed by atoms with Gasteiger partial charge in [0, 0.05) is 25.6 Å². The molecule has 0 atom stereocenters. The van der Waals surface area contributed by atoms with Crippen LogP contribution in [0, 0.1) is 0 Å². The average molecular weight is 795 g/mol. The van der Waals surface area contributed by atoms with Crippen LogP contribution in [0.5, 0.6) is 0 Å². The van der Waals surface area contributed by atoms with E-state index < -0.39 is 0 Å². The van der Waals surface area contributed by atoms with E-state index in [9.17, 15) is 0 Å². The summed E-state index contributed by atoms with van der Waals surface area (Å²) in [6.07, 6.45) is 2.01. The van der Waals surface area contributed by atoms with Gasteiger partial charge in [0.2, 0.25) is 0 Å². The normalized spacial score (nSPS) is 11.9. The number of aryl methyl sites for hydroxylation is 2. The second-order valence-electron chi connectivity index (χ2n) is 16.4. The number of benzene rings is 11.